The summed E-state index contributed by atoms with van der Waals surface area (Å²) < 4.78 is 12.8. The predicted octanol–water partition coefficient (Wildman–Crippen LogP) is 2.42. The first-order chi connectivity index (χ1) is 9.60. The van der Waals surface area contributed by atoms with Crippen LogP contribution in [0.5, 0.6) is 0 Å². The summed E-state index contributed by atoms with van der Waals surface area (Å²) in [6.07, 6.45) is 1.16. The fourth-order valence-corrected chi connectivity index (χ4v) is 2.55. The number of ketones is 1. The molecule has 1 atom stereocenters. The third-order valence-electron chi connectivity index (χ3n) is 4.15. The molecule has 3 nitrogen and oxygen atoms in total. The van der Waals surface area contributed by atoms with E-state index >= 15 is 0 Å². The molecule has 20 heavy (non-hydrogen) atoms. The van der Waals surface area contributed by atoms with Gasteiger partial charge in [-0.1, -0.05) is 6.92 Å². The molecular weight excluding hydrogens is 255 g/mol. The number of carbonyl (C=O) groups excluding carboxylic acids is 1. The molecular formula is C16H23FN2O. The third kappa shape index (κ3) is 3.87. The van der Waals surface area contributed by atoms with Crippen molar-refractivity contribution in [1.29, 1.82) is 0 Å². The summed E-state index contributed by atoms with van der Waals surface area (Å²) in [4.78, 5) is 16.8. The van der Waals surface area contributed by atoms with Crippen molar-refractivity contribution in [3.63, 3.8) is 0 Å². The Morgan fingerprint density at radius 2 is 1.80 bits per heavy atom. The van der Waals surface area contributed by atoms with Crippen LogP contribution in [-0.2, 0) is 0 Å². The van der Waals surface area contributed by atoms with Crippen LogP contribution in [0.2, 0.25) is 0 Å². The fourth-order valence-electron chi connectivity index (χ4n) is 2.55. The van der Waals surface area contributed by atoms with Crippen LogP contribution in [0, 0.1) is 5.82 Å². The SMILES string of the molecule is CCC(C)N1CCN(CC(=O)c2ccc(F)cc2)CC1. The van der Waals surface area contributed by atoms with Gasteiger partial charge in [0, 0.05) is 37.8 Å². The molecule has 0 radical (unpaired) electrons. The Morgan fingerprint density at radius 1 is 1.20 bits per heavy atom. The summed E-state index contributed by atoms with van der Waals surface area (Å²) in [6.45, 7) is 8.78. The number of hydrogen-bond acceptors (Lipinski definition) is 3. The van der Waals surface area contributed by atoms with Crippen LogP contribution in [0.3, 0.4) is 0 Å². The first kappa shape index (κ1) is 15.1. The van der Waals surface area contributed by atoms with E-state index in [0.29, 0.717) is 18.2 Å². The average Bonchev–Trinajstić information content (AvgIpc) is 2.48. The van der Waals surface area contributed by atoms with Crippen molar-refractivity contribution in [2.75, 3.05) is 32.7 Å². The van der Waals surface area contributed by atoms with E-state index in [1.165, 1.54) is 12.1 Å². The number of halogens is 1. The van der Waals surface area contributed by atoms with Gasteiger partial charge in [0.05, 0.1) is 6.54 Å². The van der Waals surface area contributed by atoms with Gasteiger partial charge in [-0.25, -0.2) is 4.39 Å². The number of piperazine rings is 1. The number of carbonyl (C=O) groups is 1. The Morgan fingerprint density at radius 3 is 2.35 bits per heavy atom. The second-order valence-electron chi connectivity index (χ2n) is 5.50. The molecule has 0 aromatic heterocycles. The minimum Gasteiger partial charge on any atom is -0.298 e. The Hall–Kier alpha value is -1.26. The first-order valence-corrected chi connectivity index (χ1v) is 7.35. The van der Waals surface area contributed by atoms with Crippen LogP contribution < -0.4 is 0 Å². The summed E-state index contributed by atoms with van der Waals surface area (Å²) >= 11 is 0. The van der Waals surface area contributed by atoms with Crippen molar-refractivity contribution in [3.05, 3.63) is 35.6 Å². The zero-order chi connectivity index (χ0) is 14.5. The Bertz CT molecular complexity index is 438. The highest BCUT2D eigenvalue weighted by atomic mass is 19.1. The average molecular weight is 278 g/mol. The second-order valence-corrected chi connectivity index (χ2v) is 5.50. The Balaban J connectivity index is 1.83. The molecule has 0 aliphatic carbocycles. The van der Waals surface area contributed by atoms with Gasteiger partial charge in [-0.15, -0.1) is 0 Å². The number of Topliss-reactive ketones (excluding diaryl/α,β-unsaturated/α-hetero) is 1. The molecule has 1 heterocycles. The van der Waals surface area contributed by atoms with Crippen molar-refractivity contribution in [2.45, 2.75) is 26.3 Å². The molecule has 110 valence electrons. The molecule has 0 bridgehead atoms. The van der Waals surface area contributed by atoms with Crippen molar-refractivity contribution >= 4 is 5.78 Å². The molecule has 1 fully saturated rings. The Kier molecular flexibility index (Phi) is 5.26. The number of benzene rings is 1. The summed E-state index contributed by atoms with van der Waals surface area (Å²) in [6, 6.07) is 6.42. The van der Waals surface area contributed by atoms with Gasteiger partial charge in [0.25, 0.3) is 0 Å². The van der Waals surface area contributed by atoms with Crippen LogP contribution >= 0.6 is 0 Å². The first-order valence-electron chi connectivity index (χ1n) is 7.35. The van der Waals surface area contributed by atoms with E-state index in [0.717, 1.165) is 32.6 Å². The van der Waals surface area contributed by atoms with E-state index in [1.54, 1.807) is 12.1 Å². The smallest absolute Gasteiger partial charge is 0.176 e. The molecule has 0 saturated carbocycles. The predicted molar refractivity (Wildman–Crippen MR) is 78.5 cm³/mol. The maximum absolute atomic E-state index is 12.8. The Labute approximate surface area is 120 Å². The van der Waals surface area contributed by atoms with E-state index in [2.05, 4.69) is 23.6 Å². The lowest BCUT2D eigenvalue weighted by molar-refractivity contribution is 0.0784. The van der Waals surface area contributed by atoms with Crippen molar-refractivity contribution in [1.82, 2.24) is 9.80 Å². The van der Waals surface area contributed by atoms with Gasteiger partial charge in [-0.05, 0) is 37.6 Å². The van der Waals surface area contributed by atoms with Crippen molar-refractivity contribution in [3.8, 4) is 0 Å². The standard InChI is InChI=1S/C16H23FN2O/c1-3-13(2)19-10-8-18(9-11-19)12-16(20)14-4-6-15(17)7-5-14/h4-7,13H,3,8-12H2,1-2H3. The molecule has 2 rings (SSSR count). The quantitative estimate of drug-likeness (QED) is 0.773. The van der Waals surface area contributed by atoms with Gasteiger partial charge in [-0.2, -0.15) is 0 Å². The lowest BCUT2D eigenvalue weighted by Gasteiger charge is -2.37. The zero-order valence-corrected chi connectivity index (χ0v) is 12.3. The highest BCUT2D eigenvalue weighted by molar-refractivity contribution is 5.97. The van der Waals surface area contributed by atoms with Gasteiger partial charge < -0.3 is 0 Å². The lowest BCUT2D eigenvalue weighted by atomic mass is 10.1. The third-order valence-corrected chi connectivity index (χ3v) is 4.15. The van der Waals surface area contributed by atoms with Gasteiger partial charge in [0.15, 0.2) is 5.78 Å². The van der Waals surface area contributed by atoms with E-state index in [9.17, 15) is 9.18 Å². The van der Waals surface area contributed by atoms with Gasteiger partial charge >= 0.3 is 0 Å². The lowest BCUT2D eigenvalue weighted by Crippen LogP contribution is -2.50. The second kappa shape index (κ2) is 6.95. The molecule has 0 N–H and O–H groups in total. The minimum absolute atomic E-state index is 0.0713. The topological polar surface area (TPSA) is 23.6 Å². The molecule has 1 aromatic carbocycles. The normalized spacial score (nSPS) is 18.9. The van der Waals surface area contributed by atoms with Crippen LogP contribution in [-0.4, -0.2) is 54.3 Å². The van der Waals surface area contributed by atoms with Crippen LogP contribution in [0.15, 0.2) is 24.3 Å². The van der Waals surface area contributed by atoms with Gasteiger partial charge in [0.2, 0.25) is 0 Å². The maximum atomic E-state index is 12.8. The van der Waals surface area contributed by atoms with Crippen LogP contribution in [0.4, 0.5) is 4.39 Å². The number of hydrogen-bond donors (Lipinski definition) is 0. The van der Waals surface area contributed by atoms with Crippen LogP contribution in [0.1, 0.15) is 30.6 Å². The summed E-state index contributed by atoms with van der Waals surface area (Å²) in [7, 11) is 0. The highest BCUT2D eigenvalue weighted by Gasteiger charge is 2.21. The van der Waals surface area contributed by atoms with E-state index < -0.39 is 0 Å². The number of nitrogens with zero attached hydrogens (tertiary/aromatic N) is 2. The van der Waals surface area contributed by atoms with Crippen molar-refractivity contribution < 1.29 is 9.18 Å². The summed E-state index contributed by atoms with van der Waals surface area (Å²) in [5, 5.41) is 0. The van der Waals surface area contributed by atoms with Gasteiger partial charge in [0.1, 0.15) is 5.82 Å². The van der Waals surface area contributed by atoms with Gasteiger partial charge in [-0.3, -0.25) is 14.6 Å². The maximum Gasteiger partial charge on any atom is 0.176 e. The molecule has 4 heteroatoms. The number of rotatable bonds is 5. The summed E-state index contributed by atoms with van der Waals surface area (Å²) in [5.74, 6) is -0.231. The summed E-state index contributed by atoms with van der Waals surface area (Å²) in [5.41, 5.74) is 0.593. The molecule has 1 unspecified atom stereocenters. The molecule has 1 saturated heterocycles. The molecule has 1 aliphatic rings. The molecule has 0 spiro atoms. The van der Waals surface area contributed by atoms with Crippen molar-refractivity contribution in [2.24, 2.45) is 0 Å². The van der Waals surface area contributed by atoms with E-state index in [4.69, 9.17) is 0 Å². The molecule has 1 aromatic rings. The molecule has 0 amide bonds. The highest BCUT2D eigenvalue weighted by Crippen LogP contribution is 2.10. The minimum atomic E-state index is -0.302. The fraction of sp³-hybridized carbons (Fsp3) is 0.562. The monoisotopic (exact) mass is 278 g/mol. The largest absolute Gasteiger partial charge is 0.298 e. The van der Waals surface area contributed by atoms with E-state index in [-0.39, 0.29) is 11.6 Å². The molecule has 1 aliphatic heterocycles. The van der Waals surface area contributed by atoms with Crippen LogP contribution in [0.25, 0.3) is 0 Å². The zero-order valence-electron chi connectivity index (χ0n) is 12.3. The van der Waals surface area contributed by atoms with E-state index in [1.807, 2.05) is 0 Å².